The lowest BCUT2D eigenvalue weighted by Gasteiger charge is -2.04. The molecule has 0 saturated carbocycles. The average Bonchev–Trinajstić information content (AvgIpc) is 1.82. The van der Waals surface area contributed by atoms with E-state index in [0.29, 0.717) is 0 Å². The number of aliphatic hydroxyl groups is 2. The van der Waals surface area contributed by atoms with Crippen molar-refractivity contribution in [2.45, 2.75) is 6.23 Å². The zero-order valence-electron chi connectivity index (χ0n) is 4.74. The monoisotopic (exact) mass is 135 g/mol. The van der Waals surface area contributed by atoms with Gasteiger partial charge in [-0.25, -0.2) is 4.79 Å². The van der Waals surface area contributed by atoms with Gasteiger partial charge in [-0.05, 0) is 0 Å². The molecule has 5 nitrogen and oxygen atoms in total. The summed E-state index contributed by atoms with van der Waals surface area (Å²) in [6.07, 6.45) is -1.57. The fourth-order valence-electron chi connectivity index (χ4n) is 0.289. The number of nitrogens with one attached hydrogen (secondary N) is 1. The lowest BCUT2D eigenvalue weighted by Crippen LogP contribution is -2.37. The molecule has 0 aromatic heterocycles. The van der Waals surface area contributed by atoms with Gasteiger partial charge in [-0.2, -0.15) is 0 Å². The third-order valence-electron chi connectivity index (χ3n) is 0.683. The van der Waals surface area contributed by atoms with Crippen molar-refractivity contribution in [1.82, 2.24) is 5.32 Å². The maximum Gasteiger partial charge on any atom is 0.347 e. The highest BCUT2D eigenvalue weighted by molar-refractivity contribution is 5.71. The molecule has 0 aromatic rings. The van der Waals surface area contributed by atoms with Gasteiger partial charge in [-0.3, -0.25) is 5.32 Å². The number of aliphatic carboxylic acids is 1. The van der Waals surface area contributed by atoms with Gasteiger partial charge < -0.3 is 15.3 Å². The molecule has 1 atom stereocenters. The first-order valence-electron chi connectivity index (χ1n) is 2.43. The van der Waals surface area contributed by atoms with Crippen molar-refractivity contribution < 1.29 is 20.1 Å². The third kappa shape index (κ3) is 3.89. The van der Waals surface area contributed by atoms with Crippen molar-refractivity contribution in [3.8, 4) is 0 Å². The Morgan fingerprint density at radius 2 is 2.22 bits per heavy atom. The summed E-state index contributed by atoms with van der Waals surface area (Å²) < 4.78 is 0. The summed E-state index contributed by atoms with van der Waals surface area (Å²) in [5.74, 6) is -1.34. The van der Waals surface area contributed by atoms with Crippen LogP contribution in [0.15, 0.2) is 0 Å². The molecule has 54 valence electrons. The lowest BCUT2D eigenvalue weighted by atomic mass is 10.5. The smallest absolute Gasteiger partial charge is 0.347 e. The van der Waals surface area contributed by atoms with Crippen LogP contribution in [-0.2, 0) is 4.79 Å². The van der Waals surface area contributed by atoms with Crippen LogP contribution in [0.4, 0.5) is 0 Å². The number of carboxylic acids is 1. The summed E-state index contributed by atoms with van der Waals surface area (Å²) >= 11 is 0. The molecule has 5 heteroatoms. The number of hydrogen-bond acceptors (Lipinski definition) is 4. The number of carbonyl (C=O) groups is 1. The first kappa shape index (κ1) is 8.35. The zero-order chi connectivity index (χ0) is 7.28. The van der Waals surface area contributed by atoms with Crippen molar-refractivity contribution in [2.75, 3.05) is 13.2 Å². The quantitative estimate of drug-likeness (QED) is 0.334. The van der Waals surface area contributed by atoms with Gasteiger partial charge in [0.2, 0.25) is 6.23 Å². The van der Waals surface area contributed by atoms with E-state index in [2.05, 4.69) is 5.32 Å². The molecule has 0 rings (SSSR count). The van der Waals surface area contributed by atoms with E-state index in [9.17, 15) is 4.79 Å². The molecule has 9 heavy (non-hydrogen) atoms. The van der Waals surface area contributed by atoms with E-state index >= 15 is 0 Å². The molecule has 0 fully saturated rings. The molecule has 0 aliphatic rings. The standard InChI is InChI=1S/C4H9NO4/c6-2-1-5-3(7)4(8)9/h3,5-7H,1-2H2,(H,8,9). The van der Waals surface area contributed by atoms with Crippen LogP contribution in [0.5, 0.6) is 0 Å². The number of aliphatic hydroxyl groups excluding tert-OH is 2. The number of rotatable bonds is 4. The summed E-state index contributed by atoms with van der Waals surface area (Å²) in [7, 11) is 0. The molecule has 0 aliphatic carbocycles. The molecule has 0 bridgehead atoms. The minimum atomic E-state index is -1.57. The highest BCUT2D eigenvalue weighted by atomic mass is 16.4. The Kier molecular flexibility index (Phi) is 3.94. The Balaban J connectivity index is 3.27. The van der Waals surface area contributed by atoms with Gasteiger partial charge in [0.05, 0.1) is 6.61 Å². The summed E-state index contributed by atoms with van der Waals surface area (Å²) in [4.78, 5) is 9.81. The molecule has 0 aliphatic heterocycles. The van der Waals surface area contributed by atoms with E-state index in [1.165, 1.54) is 0 Å². The second-order valence-electron chi connectivity index (χ2n) is 1.42. The molecule has 0 spiro atoms. The molecule has 0 aromatic carbocycles. The summed E-state index contributed by atoms with van der Waals surface area (Å²) in [5, 5.41) is 26.7. The Morgan fingerprint density at radius 3 is 2.56 bits per heavy atom. The van der Waals surface area contributed by atoms with Crippen molar-refractivity contribution >= 4 is 5.97 Å². The average molecular weight is 135 g/mol. The molecule has 4 N–H and O–H groups in total. The van der Waals surface area contributed by atoms with Crippen LogP contribution in [0.25, 0.3) is 0 Å². The molecule has 0 radical (unpaired) electrons. The van der Waals surface area contributed by atoms with E-state index in [1.54, 1.807) is 0 Å². The predicted octanol–water partition coefficient (Wildman–Crippen LogP) is -2.03. The Bertz CT molecular complexity index is 94.6. The second kappa shape index (κ2) is 4.25. The van der Waals surface area contributed by atoms with Gasteiger partial charge in [-0.15, -0.1) is 0 Å². The first-order chi connectivity index (χ1) is 4.18. The van der Waals surface area contributed by atoms with Crippen LogP contribution in [0.1, 0.15) is 0 Å². The fourth-order valence-corrected chi connectivity index (χ4v) is 0.289. The van der Waals surface area contributed by atoms with Gasteiger partial charge in [0.25, 0.3) is 0 Å². The van der Waals surface area contributed by atoms with Gasteiger partial charge in [0.1, 0.15) is 0 Å². The first-order valence-corrected chi connectivity index (χ1v) is 2.43. The predicted molar refractivity (Wildman–Crippen MR) is 28.7 cm³/mol. The minimum absolute atomic E-state index is 0.0769. The normalized spacial score (nSPS) is 13.1. The van der Waals surface area contributed by atoms with E-state index in [-0.39, 0.29) is 13.2 Å². The lowest BCUT2D eigenvalue weighted by molar-refractivity contribution is -0.148. The van der Waals surface area contributed by atoms with Crippen molar-refractivity contribution in [3.63, 3.8) is 0 Å². The Morgan fingerprint density at radius 1 is 1.67 bits per heavy atom. The number of carboxylic acid groups (broad SMARTS) is 1. The van der Waals surface area contributed by atoms with E-state index in [1.807, 2.05) is 0 Å². The van der Waals surface area contributed by atoms with Crippen molar-refractivity contribution in [2.24, 2.45) is 0 Å². The molecule has 1 unspecified atom stereocenters. The van der Waals surface area contributed by atoms with Gasteiger partial charge in [0, 0.05) is 6.54 Å². The van der Waals surface area contributed by atoms with E-state index in [4.69, 9.17) is 15.3 Å². The summed E-state index contributed by atoms with van der Waals surface area (Å²) in [6, 6.07) is 0. The van der Waals surface area contributed by atoms with Gasteiger partial charge in [-0.1, -0.05) is 0 Å². The SMILES string of the molecule is O=C(O)C(O)NCCO. The Labute approximate surface area is 51.9 Å². The Hall–Kier alpha value is -0.650. The van der Waals surface area contributed by atoms with Crippen LogP contribution in [0.2, 0.25) is 0 Å². The second-order valence-corrected chi connectivity index (χ2v) is 1.42. The molecule has 0 saturated heterocycles. The molecule has 0 amide bonds. The van der Waals surface area contributed by atoms with Crippen LogP contribution < -0.4 is 5.32 Å². The summed E-state index contributed by atoms with van der Waals surface area (Å²) in [5.41, 5.74) is 0. The largest absolute Gasteiger partial charge is 0.478 e. The summed E-state index contributed by atoms with van der Waals surface area (Å²) in [6.45, 7) is -0.113. The maximum absolute atomic E-state index is 9.81. The highest BCUT2D eigenvalue weighted by Crippen LogP contribution is 1.73. The fraction of sp³-hybridized carbons (Fsp3) is 0.750. The van der Waals surface area contributed by atoms with Crippen LogP contribution in [0, 0.1) is 0 Å². The molecule has 0 heterocycles. The van der Waals surface area contributed by atoms with Crippen LogP contribution >= 0.6 is 0 Å². The van der Waals surface area contributed by atoms with Crippen molar-refractivity contribution in [3.05, 3.63) is 0 Å². The van der Waals surface area contributed by atoms with E-state index < -0.39 is 12.2 Å². The van der Waals surface area contributed by atoms with Crippen molar-refractivity contribution in [1.29, 1.82) is 0 Å². The highest BCUT2D eigenvalue weighted by Gasteiger charge is 2.09. The van der Waals surface area contributed by atoms with E-state index in [0.717, 1.165) is 0 Å². The third-order valence-corrected chi connectivity index (χ3v) is 0.683. The number of hydrogen-bond donors (Lipinski definition) is 4. The van der Waals surface area contributed by atoms with Crippen LogP contribution in [-0.4, -0.2) is 40.7 Å². The topological polar surface area (TPSA) is 89.8 Å². The van der Waals surface area contributed by atoms with Crippen LogP contribution in [0.3, 0.4) is 0 Å². The molecular weight excluding hydrogens is 126 g/mol. The van der Waals surface area contributed by atoms with Gasteiger partial charge >= 0.3 is 5.97 Å². The minimum Gasteiger partial charge on any atom is -0.478 e. The zero-order valence-corrected chi connectivity index (χ0v) is 4.74. The maximum atomic E-state index is 9.81. The molecular formula is C4H9NO4. The van der Waals surface area contributed by atoms with Gasteiger partial charge in [0.15, 0.2) is 0 Å².